The van der Waals surface area contributed by atoms with Gasteiger partial charge in [-0.15, -0.1) is 0 Å². The third kappa shape index (κ3) is 1.96. The highest BCUT2D eigenvalue weighted by Gasteiger charge is 2.16. The van der Waals surface area contributed by atoms with Crippen molar-refractivity contribution in [2.45, 2.75) is 6.92 Å². The van der Waals surface area contributed by atoms with Gasteiger partial charge in [0.1, 0.15) is 0 Å². The molecule has 3 aromatic rings. The maximum absolute atomic E-state index is 12.6. The minimum absolute atomic E-state index is 0.0612. The van der Waals surface area contributed by atoms with Crippen LogP contribution in [-0.4, -0.2) is 10.8 Å². The number of fused-ring (bicyclic) bond motifs is 1. The average molecular weight is 285 g/mol. The number of carbonyl (C=O) groups is 1. The molecule has 2 aromatic carbocycles. The fourth-order valence-corrected chi connectivity index (χ4v) is 2.50. The van der Waals surface area contributed by atoms with Crippen molar-refractivity contribution >= 4 is 34.0 Å². The van der Waals surface area contributed by atoms with Crippen molar-refractivity contribution in [3.63, 3.8) is 0 Å². The van der Waals surface area contributed by atoms with Crippen LogP contribution in [0.15, 0.2) is 42.6 Å². The second-order valence-corrected chi connectivity index (χ2v) is 5.17. The van der Waals surface area contributed by atoms with Crippen LogP contribution >= 0.6 is 11.6 Å². The molecule has 0 bridgehead atoms. The van der Waals surface area contributed by atoms with Crippen molar-refractivity contribution in [3.05, 3.63) is 64.3 Å². The molecule has 0 radical (unpaired) electrons. The van der Waals surface area contributed by atoms with Gasteiger partial charge in [-0.1, -0.05) is 23.7 Å². The van der Waals surface area contributed by atoms with Gasteiger partial charge in [-0.05, 0) is 36.8 Å². The summed E-state index contributed by atoms with van der Waals surface area (Å²) in [5, 5.41) is 1.41. The summed E-state index contributed by atoms with van der Waals surface area (Å²) in [7, 11) is 0. The van der Waals surface area contributed by atoms with E-state index in [0.717, 1.165) is 16.5 Å². The van der Waals surface area contributed by atoms with Crippen molar-refractivity contribution in [1.29, 1.82) is 0 Å². The number of aryl methyl sites for hydroxylation is 1. The van der Waals surface area contributed by atoms with E-state index >= 15 is 0 Å². The van der Waals surface area contributed by atoms with E-state index in [1.165, 1.54) is 0 Å². The fourth-order valence-electron chi connectivity index (χ4n) is 2.39. The molecule has 0 fully saturated rings. The predicted molar refractivity (Wildman–Crippen MR) is 82.3 cm³/mol. The van der Waals surface area contributed by atoms with Crippen molar-refractivity contribution in [2.24, 2.45) is 0 Å². The summed E-state index contributed by atoms with van der Waals surface area (Å²) in [4.78, 5) is 15.7. The van der Waals surface area contributed by atoms with Gasteiger partial charge in [-0.3, -0.25) is 4.79 Å². The second-order valence-electron chi connectivity index (χ2n) is 4.77. The van der Waals surface area contributed by atoms with Crippen LogP contribution in [0.1, 0.15) is 21.5 Å². The van der Waals surface area contributed by atoms with E-state index in [9.17, 15) is 4.79 Å². The molecule has 1 aromatic heterocycles. The number of hydrogen-bond donors (Lipinski definition) is 2. The molecule has 0 spiro atoms. The lowest BCUT2D eigenvalue weighted by molar-refractivity contribution is 0.104. The third-order valence-electron chi connectivity index (χ3n) is 3.42. The van der Waals surface area contributed by atoms with Crippen molar-refractivity contribution in [3.8, 4) is 0 Å². The fraction of sp³-hybridized carbons (Fsp3) is 0.0625. The summed E-state index contributed by atoms with van der Waals surface area (Å²) in [5.41, 5.74) is 9.38. The minimum atomic E-state index is -0.0612. The summed E-state index contributed by atoms with van der Waals surface area (Å²) < 4.78 is 0. The van der Waals surface area contributed by atoms with Crippen molar-refractivity contribution in [2.75, 3.05) is 5.73 Å². The van der Waals surface area contributed by atoms with Gasteiger partial charge in [0.05, 0.1) is 10.7 Å². The minimum Gasteiger partial charge on any atom is -0.398 e. The number of anilines is 1. The number of carbonyl (C=O) groups excluding carboxylic acids is 1. The summed E-state index contributed by atoms with van der Waals surface area (Å²) in [6.45, 7) is 1.99. The van der Waals surface area contributed by atoms with E-state index in [2.05, 4.69) is 4.98 Å². The van der Waals surface area contributed by atoms with Crippen LogP contribution in [-0.2, 0) is 0 Å². The lowest BCUT2D eigenvalue weighted by Crippen LogP contribution is -2.02. The number of ketones is 1. The van der Waals surface area contributed by atoms with E-state index in [1.807, 2.05) is 25.1 Å². The van der Waals surface area contributed by atoms with Gasteiger partial charge in [0.15, 0.2) is 5.78 Å². The quantitative estimate of drug-likeness (QED) is 0.553. The van der Waals surface area contributed by atoms with Crippen LogP contribution in [0, 0.1) is 6.92 Å². The SMILES string of the molecule is Cc1cccc2[nH]cc(C(=O)c3ccc(Cl)c(N)c3)c12. The number of aromatic nitrogens is 1. The number of H-pyrrole nitrogens is 1. The zero-order chi connectivity index (χ0) is 14.3. The first-order valence-electron chi connectivity index (χ1n) is 6.24. The standard InChI is InChI=1S/C16H13ClN2O/c1-9-3-2-4-14-15(9)11(8-19-14)16(20)10-5-6-12(17)13(18)7-10/h2-8,19H,18H2,1H3. The van der Waals surface area contributed by atoms with Crippen LogP contribution in [0.4, 0.5) is 5.69 Å². The van der Waals surface area contributed by atoms with Gasteiger partial charge in [-0.25, -0.2) is 0 Å². The molecule has 1 heterocycles. The van der Waals surface area contributed by atoms with Crippen LogP contribution in [0.25, 0.3) is 10.9 Å². The number of halogens is 1. The average Bonchev–Trinajstić information content (AvgIpc) is 2.86. The first kappa shape index (κ1) is 12.8. The number of rotatable bonds is 2. The van der Waals surface area contributed by atoms with E-state index in [4.69, 9.17) is 17.3 Å². The third-order valence-corrected chi connectivity index (χ3v) is 3.76. The molecule has 0 saturated carbocycles. The molecule has 0 aliphatic rings. The molecule has 3 N–H and O–H groups in total. The number of nitrogens with one attached hydrogen (secondary N) is 1. The number of benzene rings is 2. The molecule has 3 rings (SSSR count). The van der Waals surface area contributed by atoms with Crippen LogP contribution in [0.3, 0.4) is 0 Å². The van der Waals surface area contributed by atoms with Crippen LogP contribution in [0.5, 0.6) is 0 Å². The van der Waals surface area contributed by atoms with E-state index in [-0.39, 0.29) is 5.78 Å². The van der Waals surface area contributed by atoms with Crippen LogP contribution in [0.2, 0.25) is 5.02 Å². The van der Waals surface area contributed by atoms with E-state index in [0.29, 0.717) is 21.8 Å². The van der Waals surface area contributed by atoms with Crippen LogP contribution < -0.4 is 5.73 Å². The van der Waals surface area contributed by atoms with Gasteiger partial charge in [0.25, 0.3) is 0 Å². The Balaban J connectivity index is 2.15. The Kier molecular flexibility index (Phi) is 2.99. The smallest absolute Gasteiger partial charge is 0.195 e. The number of hydrogen-bond acceptors (Lipinski definition) is 2. The Hall–Kier alpha value is -2.26. The van der Waals surface area contributed by atoms with Gasteiger partial charge in [-0.2, -0.15) is 0 Å². The zero-order valence-corrected chi connectivity index (χ0v) is 11.7. The Labute approximate surface area is 121 Å². The largest absolute Gasteiger partial charge is 0.398 e. The molecule has 0 atom stereocenters. The Morgan fingerprint density at radius 1 is 1.25 bits per heavy atom. The first-order valence-corrected chi connectivity index (χ1v) is 6.62. The number of aromatic amines is 1. The number of nitrogen functional groups attached to an aromatic ring is 1. The summed E-state index contributed by atoms with van der Waals surface area (Å²) >= 11 is 5.89. The second kappa shape index (κ2) is 4.69. The lowest BCUT2D eigenvalue weighted by atomic mass is 10.00. The van der Waals surface area contributed by atoms with Crippen molar-refractivity contribution in [1.82, 2.24) is 4.98 Å². The van der Waals surface area contributed by atoms with Crippen molar-refractivity contribution < 1.29 is 4.79 Å². The van der Waals surface area contributed by atoms with Gasteiger partial charge in [0, 0.05) is 28.2 Å². The monoisotopic (exact) mass is 284 g/mol. The lowest BCUT2D eigenvalue weighted by Gasteiger charge is -2.04. The molecule has 0 saturated heterocycles. The topological polar surface area (TPSA) is 58.9 Å². The van der Waals surface area contributed by atoms with Gasteiger partial charge >= 0.3 is 0 Å². The molecule has 100 valence electrons. The summed E-state index contributed by atoms with van der Waals surface area (Å²) in [6.07, 6.45) is 1.74. The summed E-state index contributed by atoms with van der Waals surface area (Å²) in [6, 6.07) is 10.9. The number of nitrogens with two attached hydrogens (primary N) is 1. The van der Waals surface area contributed by atoms with Gasteiger partial charge < -0.3 is 10.7 Å². The highest BCUT2D eigenvalue weighted by Crippen LogP contribution is 2.26. The molecule has 3 nitrogen and oxygen atoms in total. The molecule has 0 aliphatic carbocycles. The zero-order valence-electron chi connectivity index (χ0n) is 10.9. The molecule has 0 amide bonds. The maximum atomic E-state index is 12.6. The van der Waals surface area contributed by atoms with E-state index in [1.54, 1.807) is 24.4 Å². The maximum Gasteiger partial charge on any atom is 0.195 e. The molecule has 4 heteroatoms. The summed E-state index contributed by atoms with van der Waals surface area (Å²) in [5.74, 6) is -0.0612. The molecular weight excluding hydrogens is 272 g/mol. The highest BCUT2D eigenvalue weighted by atomic mass is 35.5. The molecule has 20 heavy (non-hydrogen) atoms. The highest BCUT2D eigenvalue weighted by molar-refractivity contribution is 6.33. The molecular formula is C16H13ClN2O. The predicted octanol–water partition coefficient (Wildman–Crippen LogP) is 3.94. The Bertz CT molecular complexity index is 820. The molecule has 0 aliphatic heterocycles. The Morgan fingerprint density at radius 3 is 2.80 bits per heavy atom. The van der Waals surface area contributed by atoms with Gasteiger partial charge in [0.2, 0.25) is 0 Å². The Morgan fingerprint density at radius 2 is 2.05 bits per heavy atom. The normalized spacial score (nSPS) is 10.9. The molecule has 0 unspecified atom stereocenters. The van der Waals surface area contributed by atoms with E-state index < -0.39 is 0 Å². The first-order chi connectivity index (χ1) is 9.58.